The Bertz CT molecular complexity index is 885. The number of carbonyl (C=O) groups is 1. The molecule has 0 aliphatic carbocycles. The highest BCUT2D eigenvalue weighted by atomic mass is 16.8. The highest BCUT2D eigenvalue weighted by Crippen LogP contribution is 2.36. The molecule has 0 N–H and O–H groups in total. The molecule has 0 bridgehead atoms. The number of hydroxylamine groups is 2. The Kier molecular flexibility index (Phi) is 4.97. The largest absolute Gasteiger partial charge is 0.493 e. The van der Waals surface area contributed by atoms with Gasteiger partial charge in [0, 0.05) is 11.1 Å². The fourth-order valence-electron chi connectivity index (χ4n) is 3.11. The third-order valence-corrected chi connectivity index (χ3v) is 4.53. The van der Waals surface area contributed by atoms with Gasteiger partial charge in [-0.2, -0.15) is 0 Å². The van der Waals surface area contributed by atoms with Crippen LogP contribution in [0.2, 0.25) is 0 Å². The first-order valence-electron chi connectivity index (χ1n) is 8.84. The molecule has 0 spiro atoms. The molecule has 148 valence electrons. The third-order valence-electron chi connectivity index (χ3n) is 4.53. The number of hydrogen-bond donors (Lipinski definition) is 0. The van der Waals surface area contributed by atoms with Gasteiger partial charge in [-0.3, -0.25) is 4.79 Å². The molecule has 1 saturated heterocycles. The van der Waals surface area contributed by atoms with Crippen LogP contribution in [0.5, 0.6) is 23.0 Å². The molecule has 0 saturated carbocycles. The van der Waals surface area contributed by atoms with E-state index in [1.165, 1.54) is 5.06 Å². The Balaban J connectivity index is 1.55. The Morgan fingerprint density at radius 2 is 1.82 bits per heavy atom. The van der Waals surface area contributed by atoms with E-state index in [1.807, 2.05) is 13.0 Å². The molecule has 2 aliphatic heterocycles. The topological polar surface area (TPSA) is 75.7 Å². The van der Waals surface area contributed by atoms with E-state index in [-0.39, 0.29) is 18.8 Å². The molecule has 4 rings (SSSR count). The van der Waals surface area contributed by atoms with E-state index >= 15 is 0 Å². The summed E-state index contributed by atoms with van der Waals surface area (Å²) in [7, 11) is 3.13. The van der Waals surface area contributed by atoms with E-state index in [2.05, 4.69) is 0 Å². The molecule has 1 fully saturated rings. The average Bonchev–Trinajstić information content (AvgIpc) is 3.20. The van der Waals surface area contributed by atoms with Gasteiger partial charge in [-0.05, 0) is 43.3 Å². The summed E-state index contributed by atoms with van der Waals surface area (Å²) in [5.41, 5.74) is 1.16. The molecule has 2 aliphatic rings. The van der Waals surface area contributed by atoms with E-state index < -0.39 is 6.29 Å². The zero-order valence-electron chi connectivity index (χ0n) is 15.8. The second-order valence-corrected chi connectivity index (χ2v) is 6.43. The van der Waals surface area contributed by atoms with Gasteiger partial charge in [0.05, 0.1) is 26.9 Å². The number of benzene rings is 2. The molecule has 1 amide bonds. The molecule has 8 heteroatoms. The first kappa shape index (κ1) is 18.4. The van der Waals surface area contributed by atoms with Crippen LogP contribution in [-0.4, -0.2) is 44.6 Å². The maximum atomic E-state index is 12.9. The van der Waals surface area contributed by atoms with Crippen LogP contribution in [0.15, 0.2) is 36.4 Å². The van der Waals surface area contributed by atoms with Crippen LogP contribution in [0.3, 0.4) is 0 Å². The van der Waals surface area contributed by atoms with Crippen molar-refractivity contribution in [2.75, 3.05) is 27.6 Å². The van der Waals surface area contributed by atoms with Crippen molar-refractivity contribution >= 4 is 5.91 Å². The molecule has 2 aromatic carbocycles. The Morgan fingerprint density at radius 1 is 1.04 bits per heavy atom. The zero-order chi connectivity index (χ0) is 19.7. The van der Waals surface area contributed by atoms with Crippen LogP contribution in [0.25, 0.3) is 0 Å². The van der Waals surface area contributed by atoms with Crippen molar-refractivity contribution in [3.8, 4) is 23.0 Å². The summed E-state index contributed by atoms with van der Waals surface area (Å²) in [5, 5.41) is 1.31. The maximum Gasteiger partial charge on any atom is 0.277 e. The van der Waals surface area contributed by atoms with Gasteiger partial charge < -0.3 is 23.7 Å². The normalized spacial score (nSPS) is 20.8. The van der Waals surface area contributed by atoms with Gasteiger partial charge in [0.1, 0.15) is 0 Å². The van der Waals surface area contributed by atoms with Crippen molar-refractivity contribution in [1.82, 2.24) is 5.06 Å². The Labute approximate surface area is 162 Å². The molecule has 2 atom stereocenters. The van der Waals surface area contributed by atoms with Crippen molar-refractivity contribution < 1.29 is 33.3 Å². The Hall–Kier alpha value is -2.97. The van der Waals surface area contributed by atoms with E-state index in [4.69, 9.17) is 28.5 Å². The van der Waals surface area contributed by atoms with Gasteiger partial charge in [-0.25, -0.2) is 9.90 Å². The summed E-state index contributed by atoms with van der Waals surface area (Å²) in [6.45, 7) is 2.34. The number of nitrogens with zero attached hydrogens (tertiary/aromatic N) is 1. The van der Waals surface area contributed by atoms with Gasteiger partial charge in [0.2, 0.25) is 13.1 Å². The number of methoxy groups -OCH3 is 2. The first-order chi connectivity index (χ1) is 13.6. The van der Waals surface area contributed by atoms with Crippen molar-refractivity contribution in [3.05, 3.63) is 47.5 Å². The highest BCUT2D eigenvalue weighted by Gasteiger charge is 2.32. The maximum absolute atomic E-state index is 12.9. The summed E-state index contributed by atoms with van der Waals surface area (Å²) in [4.78, 5) is 18.8. The predicted octanol–water partition coefficient (Wildman–Crippen LogP) is 2.92. The van der Waals surface area contributed by atoms with Crippen molar-refractivity contribution in [3.63, 3.8) is 0 Å². The van der Waals surface area contributed by atoms with E-state index in [1.54, 1.807) is 44.6 Å². The first-order valence-corrected chi connectivity index (χ1v) is 8.84. The highest BCUT2D eigenvalue weighted by molar-refractivity contribution is 5.94. The molecule has 28 heavy (non-hydrogen) atoms. The zero-order valence-corrected chi connectivity index (χ0v) is 15.8. The number of carbonyl (C=O) groups excluding carboxylic acids is 1. The standard InChI is InChI=1S/C20H21NO7/c1-12-10-21(19(22)13-4-7-16-18(8-13)26-11-25-16)28-20(27-12)14-5-6-15(23-2)17(9-14)24-3/h4-9,12,20H,10-11H2,1-3H3/t12-,20+/m1/s1. The molecule has 2 aromatic rings. The minimum atomic E-state index is -0.749. The lowest BCUT2D eigenvalue weighted by atomic mass is 10.1. The molecular weight excluding hydrogens is 366 g/mol. The van der Waals surface area contributed by atoms with Crippen LogP contribution in [0.1, 0.15) is 29.1 Å². The second kappa shape index (κ2) is 7.57. The lowest BCUT2D eigenvalue weighted by Gasteiger charge is -2.36. The minimum absolute atomic E-state index is 0.152. The molecule has 8 nitrogen and oxygen atoms in total. The monoisotopic (exact) mass is 387 g/mol. The van der Waals surface area contributed by atoms with Gasteiger partial charge in [0.15, 0.2) is 23.0 Å². The number of rotatable bonds is 4. The van der Waals surface area contributed by atoms with Crippen LogP contribution >= 0.6 is 0 Å². The fourth-order valence-corrected chi connectivity index (χ4v) is 3.11. The number of fused-ring (bicyclic) bond motifs is 1. The van der Waals surface area contributed by atoms with Crippen molar-refractivity contribution in [2.45, 2.75) is 19.3 Å². The van der Waals surface area contributed by atoms with Crippen molar-refractivity contribution in [2.24, 2.45) is 0 Å². The van der Waals surface area contributed by atoms with Gasteiger partial charge in [-0.1, -0.05) is 0 Å². The predicted molar refractivity (Wildman–Crippen MR) is 97.5 cm³/mol. The molecule has 0 unspecified atom stereocenters. The van der Waals surface area contributed by atoms with E-state index in [0.717, 1.165) is 0 Å². The molecule has 0 aromatic heterocycles. The van der Waals surface area contributed by atoms with Crippen molar-refractivity contribution in [1.29, 1.82) is 0 Å². The second-order valence-electron chi connectivity index (χ2n) is 6.43. The summed E-state index contributed by atoms with van der Waals surface area (Å²) in [5.74, 6) is 2.04. The fraction of sp³-hybridized carbons (Fsp3) is 0.350. The summed E-state index contributed by atoms with van der Waals surface area (Å²) >= 11 is 0. The van der Waals surface area contributed by atoms with E-state index in [9.17, 15) is 4.79 Å². The number of amides is 1. The number of hydrogen-bond acceptors (Lipinski definition) is 7. The van der Waals surface area contributed by atoms with Crippen LogP contribution in [-0.2, 0) is 9.57 Å². The van der Waals surface area contributed by atoms with Gasteiger partial charge in [0.25, 0.3) is 5.91 Å². The summed E-state index contributed by atoms with van der Waals surface area (Å²) < 4.78 is 27.1. The third kappa shape index (κ3) is 3.44. The van der Waals surface area contributed by atoms with Gasteiger partial charge >= 0.3 is 0 Å². The minimum Gasteiger partial charge on any atom is -0.493 e. The average molecular weight is 387 g/mol. The van der Waals surface area contributed by atoms with Crippen LogP contribution in [0.4, 0.5) is 0 Å². The lowest BCUT2D eigenvalue weighted by Crippen LogP contribution is -2.44. The quantitative estimate of drug-likeness (QED) is 0.798. The van der Waals surface area contributed by atoms with Crippen LogP contribution in [0, 0.1) is 0 Å². The lowest BCUT2D eigenvalue weighted by molar-refractivity contribution is -0.320. The summed E-state index contributed by atoms with van der Waals surface area (Å²) in [6.07, 6.45) is -0.966. The molecule has 2 heterocycles. The summed E-state index contributed by atoms with van der Waals surface area (Å²) in [6, 6.07) is 10.4. The van der Waals surface area contributed by atoms with Gasteiger partial charge in [-0.15, -0.1) is 0 Å². The molecular formula is C20H21NO7. The molecule has 0 radical (unpaired) electrons. The van der Waals surface area contributed by atoms with Crippen LogP contribution < -0.4 is 18.9 Å². The Morgan fingerprint density at radius 3 is 2.61 bits per heavy atom. The van der Waals surface area contributed by atoms with E-state index in [0.29, 0.717) is 40.7 Å². The smallest absolute Gasteiger partial charge is 0.277 e. The SMILES string of the molecule is COc1ccc([C@H]2O[C@H](C)CN(C(=O)c3ccc4c(c3)OCO4)O2)cc1OC. The number of ether oxygens (including phenoxy) is 5.